The molecule has 5 aromatic rings. The van der Waals surface area contributed by atoms with Gasteiger partial charge in [0.05, 0.1) is 30.0 Å². The van der Waals surface area contributed by atoms with Crippen molar-refractivity contribution in [2.45, 2.75) is 19.9 Å². The van der Waals surface area contributed by atoms with Gasteiger partial charge in [0.15, 0.2) is 11.3 Å². The molecule has 0 N–H and O–H groups in total. The van der Waals surface area contributed by atoms with Gasteiger partial charge in [-0.2, -0.15) is 0 Å². The lowest BCUT2D eigenvalue weighted by atomic mass is 10.2. The summed E-state index contributed by atoms with van der Waals surface area (Å²) in [4.78, 5) is 39.3. The molecule has 31 heavy (non-hydrogen) atoms. The van der Waals surface area contributed by atoms with Crippen LogP contribution in [-0.4, -0.2) is 37.2 Å². The van der Waals surface area contributed by atoms with E-state index < -0.39 is 5.97 Å². The third-order valence-electron chi connectivity index (χ3n) is 5.24. The topological polar surface area (TPSA) is 91.9 Å². The van der Waals surface area contributed by atoms with E-state index in [2.05, 4.69) is 4.98 Å². The van der Waals surface area contributed by atoms with Gasteiger partial charge < -0.3 is 4.74 Å². The van der Waals surface area contributed by atoms with Gasteiger partial charge in [0.2, 0.25) is 0 Å². The quantitative estimate of drug-likeness (QED) is 0.419. The summed E-state index contributed by atoms with van der Waals surface area (Å²) < 4.78 is 8.19. The SMILES string of the molecule is CCCn1cnc2c(c1=O)c1nc3ccccc3nc1n2-c1ccc(C(=O)OC)cc1. The second-order valence-electron chi connectivity index (χ2n) is 7.20. The maximum Gasteiger partial charge on any atom is 0.337 e. The maximum atomic E-state index is 13.3. The zero-order valence-corrected chi connectivity index (χ0v) is 17.1. The highest BCUT2D eigenvalue weighted by molar-refractivity contribution is 6.05. The van der Waals surface area contributed by atoms with Gasteiger partial charge in [0.1, 0.15) is 10.9 Å². The van der Waals surface area contributed by atoms with Crippen LogP contribution in [0, 0.1) is 0 Å². The summed E-state index contributed by atoms with van der Waals surface area (Å²) in [6.07, 6.45) is 2.38. The first-order valence-electron chi connectivity index (χ1n) is 9.97. The molecule has 0 aliphatic carbocycles. The monoisotopic (exact) mass is 413 g/mol. The smallest absolute Gasteiger partial charge is 0.337 e. The van der Waals surface area contributed by atoms with Gasteiger partial charge in [-0.25, -0.2) is 19.7 Å². The summed E-state index contributed by atoms with van der Waals surface area (Å²) in [5.41, 5.74) is 3.96. The third kappa shape index (κ3) is 2.95. The Hall–Kier alpha value is -4.07. The molecule has 0 radical (unpaired) electrons. The molecule has 0 unspecified atom stereocenters. The van der Waals surface area contributed by atoms with E-state index >= 15 is 0 Å². The largest absolute Gasteiger partial charge is 0.465 e. The number of hydrogen-bond donors (Lipinski definition) is 0. The van der Waals surface area contributed by atoms with Gasteiger partial charge in [0, 0.05) is 12.2 Å². The molecule has 2 aromatic carbocycles. The minimum Gasteiger partial charge on any atom is -0.465 e. The molecular formula is C23H19N5O3. The average Bonchev–Trinajstić information content (AvgIpc) is 3.12. The molecule has 0 aliphatic heterocycles. The zero-order valence-electron chi connectivity index (χ0n) is 17.1. The Balaban J connectivity index is 1.88. The Kier molecular flexibility index (Phi) is 4.47. The van der Waals surface area contributed by atoms with Crippen molar-refractivity contribution in [3.05, 3.63) is 70.8 Å². The Bertz CT molecular complexity index is 1520. The standard InChI is InChI=1S/C23H19N5O3/c1-3-12-27-13-24-20-18(22(27)29)19-21(26-17-7-5-4-6-16(17)25-19)28(20)15-10-8-14(9-11-15)23(30)31-2/h4-11,13H,3,12H2,1-2H3. The summed E-state index contributed by atoms with van der Waals surface area (Å²) in [5, 5.41) is 0.432. The molecule has 3 heterocycles. The van der Waals surface area contributed by atoms with Crippen LogP contribution in [0.15, 0.2) is 59.7 Å². The molecule has 0 amide bonds. The van der Waals surface area contributed by atoms with Gasteiger partial charge in [-0.3, -0.25) is 13.9 Å². The highest BCUT2D eigenvalue weighted by Gasteiger charge is 2.21. The summed E-state index contributed by atoms with van der Waals surface area (Å²) in [6.45, 7) is 2.58. The average molecular weight is 413 g/mol. The van der Waals surface area contributed by atoms with E-state index in [0.29, 0.717) is 39.8 Å². The highest BCUT2D eigenvalue weighted by Crippen LogP contribution is 2.28. The van der Waals surface area contributed by atoms with Gasteiger partial charge in [-0.15, -0.1) is 0 Å². The van der Waals surface area contributed by atoms with Crippen molar-refractivity contribution in [3.8, 4) is 5.69 Å². The van der Waals surface area contributed by atoms with Crippen LogP contribution in [0.2, 0.25) is 0 Å². The minimum absolute atomic E-state index is 0.147. The van der Waals surface area contributed by atoms with E-state index in [4.69, 9.17) is 14.7 Å². The number of esters is 1. The first kappa shape index (κ1) is 18.9. The molecule has 0 fully saturated rings. The fourth-order valence-electron chi connectivity index (χ4n) is 3.78. The first-order chi connectivity index (χ1) is 15.1. The first-order valence-corrected chi connectivity index (χ1v) is 9.97. The van der Waals surface area contributed by atoms with E-state index in [1.165, 1.54) is 7.11 Å². The number of rotatable bonds is 4. The number of methoxy groups -OCH3 is 1. The van der Waals surface area contributed by atoms with E-state index in [0.717, 1.165) is 17.6 Å². The van der Waals surface area contributed by atoms with Crippen LogP contribution >= 0.6 is 0 Å². The van der Waals surface area contributed by atoms with E-state index in [9.17, 15) is 9.59 Å². The van der Waals surface area contributed by atoms with E-state index in [1.807, 2.05) is 35.8 Å². The van der Waals surface area contributed by atoms with Gasteiger partial charge in [-0.05, 0) is 42.8 Å². The molecular weight excluding hydrogens is 394 g/mol. The maximum absolute atomic E-state index is 13.3. The highest BCUT2D eigenvalue weighted by atomic mass is 16.5. The van der Waals surface area contributed by atoms with Crippen molar-refractivity contribution in [3.63, 3.8) is 0 Å². The van der Waals surface area contributed by atoms with Crippen molar-refractivity contribution in [2.75, 3.05) is 7.11 Å². The minimum atomic E-state index is -0.417. The van der Waals surface area contributed by atoms with E-state index in [1.54, 1.807) is 35.2 Å². The molecule has 0 atom stereocenters. The lowest BCUT2D eigenvalue weighted by molar-refractivity contribution is 0.0600. The number of nitrogens with zero attached hydrogens (tertiary/aromatic N) is 5. The molecule has 0 saturated carbocycles. The summed E-state index contributed by atoms with van der Waals surface area (Å²) in [5.74, 6) is -0.417. The summed E-state index contributed by atoms with van der Waals surface area (Å²) in [7, 11) is 1.34. The Morgan fingerprint density at radius 2 is 1.71 bits per heavy atom. The fourth-order valence-corrected chi connectivity index (χ4v) is 3.78. The number of para-hydroxylation sites is 2. The molecule has 0 aliphatic rings. The predicted octanol–water partition coefficient (Wildman–Crippen LogP) is 3.48. The number of carbonyl (C=O) groups is 1. The molecule has 3 aromatic heterocycles. The predicted molar refractivity (Wildman–Crippen MR) is 118 cm³/mol. The van der Waals surface area contributed by atoms with Crippen LogP contribution in [0.4, 0.5) is 0 Å². The number of hydrogen-bond acceptors (Lipinski definition) is 6. The van der Waals surface area contributed by atoms with Crippen molar-refractivity contribution >= 4 is 39.2 Å². The molecule has 0 spiro atoms. The molecule has 8 heteroatoms. The van der Waals surface area contributed by atoms with Crippen LogP contribution in [0.5, 0.6) is 0 Å². The number of aryl methyl sites for hydroxylation is 1. The zero-order chi connectivity index (χ0) is 21.5. The molecule has 0 bridgehead atoms. The second kappa shape index (κ2) is 7.32. The lowest BCUT2D eigenvalue weighted by Crippen LogP contribution is -2.20. The van der Waals surface area contributed by atoms with Gasteiger partial charge >= 0.3 is 5.97 Å². The number of aromatic nitrogens is 5. The van der Waals surface area contributed by atoms with Crippen LogP contribution < -0.4 is 5.56 Å². The lowest BCUT2D eigenvalue weighted by Gasteiger charge is -2.08. The molecule has 0 saturated heterocycles. The summed E-state index contributed by atoms with van der Waals surface area (Å²) >= 11 is 0. The number of benzene rings is 2. The number of fused-ring (bicyclic) bond motifs is 4. The molecule has 154 valence electrons. The molecule has 8 nitrogen and oxygen atoms in total. The Labute approximate surface area is 176 Å². The number of ether oxygens (including phenoxy) is 1. The normalized spacial score (nSPS) is 11.4. The van der Waals surface area contributed by atoms with E-state index in [-0.39, 0.29) is 5.56 Å². The summed E-state index contributed by atoms with van der Waals surface area (Å²) in [6, 6.07) is 14.4. The van der Waals surface area contributed by atoms with Crippen molar-refractivity contribution in [2.24, 2.45) is 0 Å². The fraction of sp³-hybridized carbons (Fsp3) is 0.174. The van der Waals surface area contributed by atoms with Crippen molar-refractivity contribution in [1.29, 1.82) is 0 Å². The Morgan fingerprint density at radius 3 is 2.39 bits per heavy atom. The van der Waals surface area contributed by atoms with Crippen LogP contribution in [0.1, 0.15) is 23.7 Å². The van der Waals surface area contributed by atoms with Crippen LogP contribution in [0.3, 0.4) is 0 Å². The van der Waals surface area contributed by atoms with Crippen LogP contribution in [0.25, 0.3) is 38.9 Å². The second-order valence-corrected chi connectivity index (χ2v) is 7.20. The third-order valence-corrected chi connectivity index (χ3v) is 5.24. The van der Waals surface area contributed by atoms with Crippen molar-refractivity contribution in [1.82, 2.24) is 24.1 Å². The van der Waals surface area contributed by atoms with Crippen molar-refractivity contribution < 1.29 is 9.53 Å². The Morgan fingerprint density at radius 1 is 1.00 bits per heavy atom. The van der Waals surface area contributed by atoms with Gasteiger partial charge in [0.25, 0.3) is 5.56 Å². The number of carbonyl (C=O) groups excluding carboxylic acids is 1. The van der Waals surface area contributed by atoms with Crippen LogP contribution in [-0.2, 0) is 11.3 Å². The molecule has 5 rings (SSSR count). The van der Waals surface area contributed by atoms with Gasteiger partial charge in [-0.1, -0.05) is 19.1 Å².